The Morgan fingerprint density at radius 3 is 2.48 bits per heavy atom. The average Bonchev–Trinajstić information content (AvgIpc) is 2.78. The van der Waals surface area contributed by atoms with Gasteiger partial charge in [0.1, 0.15) is 0 Å². The number of hydrogen-bond acceptors (Lipinski definition) is 7. The monoisotopic (exact) mass is 403 g/mol. The molecule has 0 atom stereocenters. The maximum atomic E-state index is 11.9. The van der Waals surface area contributed by atoms with Crippen LogP contribution in [0.2, 0.25) is 0 Å². The molecule has 0 saturated carbocycles. The molecule has 2 aliphatic rings. The predicted octanol–water partition coefficient (Wildman–Crippen LogP) is 0.449. The Hall–Kier alpha value is -2.42. The van der Waals surface area contributed by atoms with Crippen LogP contribution in [0.1, 0.15) is 19.8 Å². The highest BCUT2D eigenvalue weighted by atomic mass is 16.5. The Labute approximate surface area is 173 Å². The van der Waals surface area contributed by atoms with E-state index in [1.54, 1.807) is 12.4 Å². The van der Waals surface area contributed by atoms with Crippen molar-refractivity contribution in [1.82, 2.24) is 25.1 Å². The molecule has 9 heteroatoms. The molecule has 1 N–H and O–H groups in total. The number of carbonyl (C=O) groups excluding carboxylic acids is 1. The summed E-state index contributed by atoms with van der Waals surface area (Å²) in [6.45, 7) is 9.70. The van der Waals surface area contributed by atoms with Gasteiger partial charge in [-0.1, -0.05) is 0 Å². The van der Waals surface area contributed by atoms with E-state index in [9.17, 15) is 4.79 Å². The van der Waals surface area contributed by atoms with Gasteiger partial charge in [0, 0.05) is 71.8 Å². The molecule has 29 heavy (non-hydrogen) atoms. The van der Waals surface area contributed by atoms with Crippen LogP contribution in [0.25, 0.3) is 0 Å². The number of aliphatic imine (C=N–C) groups is 1. The van der Waals surface area contributed by atoms with Crippen molar-refractivity contribution in [2.75, 3.05) is 70.9 Å². The summed E-state index contributed by atoms with van der Waals surface area (Å²) in [6.07, 6.45) is 5.23. The van der Waals surface area contributed by atoms with Gasteiger partial charge in [0.25, 0.3) is 0 Å². The van der Waals surface area contributed by atoms with E-state index >= 15 is 0 Å². The number of hydrogen-bond donors (Lipinski definition) is 1. The number of guanidine groups is 1. The minimum atomic E-state index is -0.0601. The third-order valence-electron chi connectivity index (χ3n) is 5.54. The Balaban J connectivity index is 1.35. The molecular weight excluding hydrogens is 370 g/mol. The van der Waals surface area contributed by atoms with Gasteiger partial charge < -0.3 is 19.9 Å². The maximum Gasteiger partial charge on any atom is 0.309 e. The number of likely N-dealkylation sites (tertiary alicyclic amines) is 1. The standard InChI is InChI=1S/C20H33N7O2/c1-3-29-18(28)17-5-10-26(11-6-17)19(21-2)24-9-12-25-13-15-27(16-14-25)20-22-7-4-8-23-20/h4,7-8,17H,3,5-6,9-16H2,1-2H3,(H,21,24). The molecule has 0 radical (unpaired) electrons. The fourth-order valence-electron chi connectivity index (χ4n) is 3.87. The van der Waals surface area contributed by atoms with Crippen LogP contribution in [0.3, 0.4) is 0 Å². The molecule has 9 nitrogen and oxygen atoms in total. The normalized spacial score (nSPS) is 19.3. The molecule has 0 aromatic carbocycles. The van der Waals surface area contributed by atoms with E-state index in [1.807, 2.05) is 20.0 Å². The lowest BCUT2D eigenvalue weighted by Gasteiger charge is -2.36. The molecule has 2 fully saturated rings. The highest BCUT2D eigenvalue weighted by Crippen LogP contribution is 2.18. The zero-order valence-electron chi connectivity index (χ0n) is 17.6. The van der Waals surface area contributed by atoms with E-state index < -0.39 is 0 Å². The van der Waals surface area contributed by atoms with Gasteiger partial charge in [0.15, 0.2) is 5.96 Å². The van der Waals surface area contributed by atoms with Crippen LogP contribution in [0.15, 0.2) is 23.5 Å². The van der Waals surface area contributed by atoms with Gasteiger partial charge in [-0.15, -0.1) is 0 Å². The number of piperidine rings is 1. The molecule has 0 aliphatic carbocycles. The number of carbonyl (C=O) groups is 1. The third kappa shape index (κ3) is 6.03. The summed E-state index contributed by atoms with van der Waals surface area (Å²) in [5.41, 5.74) is 0. The number of rotatable bonds is 6. The number of ether oxygens (including phenoxy) is 1. The van der Waals surface area contributed by atoms with E-state index in [4.69, 9.17) is 4.74 Å². The van der Waals surface area contributed by atoms with Gasteiger partial charge in [0.05, 0.1) is 12.5 Å². The number of nitrogens with one attached hydrogen (secondary N) is 1. The first-order chi connectivity index (χ1) is 14.2. The number of nitrogens with zero attached hydrogens (tertiary/aromatic N) is 6. The topological polar surface area (TPSA) is 86.2 Å². The highest BCUT2D eigenvalue weighted by Gasteiger charge is 2.27. The summed E-state index contributed by atoms with van der Waals surface area (Å²) in [6, 6.07) is 1.84. The first-order valence-corrected chi connectivity index (χ1v) is 10.6. The Bertz CT molecular complexity index is 654. The SMILES string of the molecule is CCOC(=O)C1CCN(C(=NC)NCCN2CCN(c3ncccn3)CC2)CC1. The fourth-order valence-corrected chi connectivity index (χ4v) is 3.87. The second-order valence-electron chi connectivity index (χ2n) is 7.36. The largest absolute Gasteiger partial charge is 0.466 e. The van der Waals surface area contributed by atoms with Gasteiger partial charge in [-0.3, -0.25) is 14.7 Å². The molecule has 0 unspecified atom stereocenters. The van der Waals surface area contributed by atoms with Crippen LogP contribution >= 0.6 is 0 Å². The van der Waals surface area contributed by atoms with Gasteiger partial charge in [0.2, 0.25) is 5.95 Å². The van der Waals surface area contributed by atoms with Crippen molar-refractivity contribution < 1.29 is 9.53 Å². The Kier molecular flexibility index (Phi) is 8.03. The van der Waals surface area contributed by atoms with Gasteiger partial charge >= 0.3 is 5.97 Å². The van der Waals surface area contributed by atoms with Crippen LogP contribution in [0, 0.1) is 5.92 Å². The van der Waals surface area contributed by atoms with Crippen molar-refractivity contribution in [3.63, 3.8) is 0 Å². The molecule has 0 amide bonds. The molecule has 1 aromatic heterocycles. The lowest BCUT2D eigenvalue weighted by Crippen LogP contribution is -2.51. The lowest BCUT2D eigenvalue weighted by molar-refractivity contribution is -0.149. The van der Waals surface area contributed by atoms with Crippen molar-refractivity contribution >= 4 is 17.9 Å². The molecule has 0 spiro atoms. The quantitative estimate of drug-likeness (QED) is 0.416. The van der Waals surface area contributed by atoms with E-state index in [0.29, 0.717) is 6.61 Å². The first kappa shape index (κ1) is 21.3. The van der Waals surface area contributed by atoms with Crippen LogP contribution in [0.5, 0.6) is 0 Å². The second-order valence-corrected chi connectivity index (χ2v) is 7.36. The average molecular weight is 404 g/mol. The van der Waals surface area contributed by atoms with E-state index in [-0.39, 0.29) is 11.9 Å². The number of anilines is 1. The molecule has 160 valence electrons. The second kappa shape index (κ2) is 10.9. The molecular formula is C20H33N7O2. The van der Waals surface area contributed by atoms with Gasteiger partial charge in [-0.05, 0) is 25.8 Å². The van der Waals surface area contributed by atoms with E-state index in [0.717, 1.165) is 77.1 Å². The van der Waals surface area contributed by atoms with Crippen molar-refractivity contribution in [1.29, 1.82) is 0 Å². The van der Waals surface area contributed by atoms with Crippen LogP contribution in [-0.4, -0.2) is 97.7 Å². The maximum absolute atomic E-state index is 11.9. The smallest absolute Gasteiger partial charge is 0.309 e. The third-order valence-corrected chi connectivity index (χ3v) is 5.54. The summed E-state index contributed by atoms with van der Waals surface area (Å²) in [5, 5.41) is 3.48. The molecule has 2 saturated heterocycles. The van der Waals surface area contributed by atoms with Crippen LogP contribution < -0.4 is 10.2 Å². The molecule has 1 aromatic rings. The lowest BCUT2D eigenvalue weighted by atomic mass is 9.97. The van der Waals surface area contributed by atoms with Crippen LogP contribution in [-0.2, 0) is 9.53 Å². The van der Waals surface area contributed by atoms with Crippen molar-refractivity contribution in [3.8, 4) is 0 Å². The van der Waals surface area contributed by atoms with Gasteiger partial charge in [-0.2, -0.15) is 0 Å². The molecule has 2 aliphatic heterocycles. The fraction of sp³-hybridized carbons (Fsp3) is 0.700. The van der Waals surface area contributed by atoms with E-state index in [2.05, 4.69) is 35.0 Å². The minimum Gasteiger partial charge on any atom is -0.466 e. The summed E-state index contributed by atoms with van der Waals surface area (Å²) < 4.78 is 5.15. The summed E-state index contributed by atoms with van der Waals surface area (Å²) >= 11 is 0. The van der Waals surface area contributed by atoms with Gasteiger partial charge in [-0.25, -0.2) is 9.97 Å². The van der Waals surface area contributed by atoms with Crippen molar-refractivity contribution in [2.45, 2.75) is 19.8 Å². The number of esters is 1. The highest BCUT2D eigenvalue weighted by molar-refractivity contribution is 5.80. The molecule has 3 rings (SSSR count). The molecule has 0 bridgehead atoms. The Morgan fingerprint density at radius 1 is 1.17 bits per heavy atom. The minimum absolute atomic E-state index is 0.0224. The summed E-state index contributed by atoms with van der Waals surface area (Å²) in [4.78, 5) is 31.9. The Morgan fingerprint density at radius 2 is 1.86 bits per heavy atom. The zero-order valence-corrected chi connectivity index (χ0v) is 17.6. The van der Waals surface area contributed by atoms with Crippen molar-refractivity contribution in [3.05, 3.63) is 18.5 Å². The first-order valence-electron chi connectivity index (χ1n) is 10.6. The number of aromatic nitrogens is 2. The number of piperazine rings is 1. The zero-order chi connectivity index (χ0) is 20.5. The van der Waals surface area contributed by atoms with Crippen molar-refractivity contribution in [2.24, 2.45) is 10.9 Å². The predicted molar refractivity (Wildman–Crippen MR) is 113 cm³/mol. The summed E-state index contributed by atoms with van der Waals surface area (Å²) in [7, 11) is 1.82. The van der Waals surface area contributed by atoms with Crippen LogP contribution in [0.4, 0.5) is 5.95 Å². The summed E-state index contributed by atoms with van der Waals surface area (Å²) in [5.74, 6) is 1.70. The van der Waals surface area contributed by atoms with E-state index in [1.165, 1.54) is 0 Å². The molecule has 3 heterocycles.